The monoisotopic (exact) mass is 609 g/mol. The standard InChI is InChI=1S/C30H32N3O7PS/c1-3-19-41(24-13-7-4-8-14-24,25-15-9-5-10-16-25,26-17-11-6-12-18-26)40-42(36,37)39-33-28-21-32(30(33)35)27(29(31)34)20-23(28)22-38-2/h3-20,27-28H,21-22H2,1-2H3,(H2,31,34)/b19-3+/t27-,28-/m0/s1. The van der Waals surface area contributed by atoms with Crippen molar-refractivity contribution >= 4 is 45.1 Å². The van der Waals surface area contributed by atoms with Gasteiger partial charge >= 0.3 is 246 Å². The van der Waals surface area contributed by atoms with Crippen LogP contribution in [0.25, 0.3) is 0 Å². The van der Waals surface area contributed by atoms with Crippen LogP contribution in [0, 0.1) is 0 Å². The number of allylic oxidation sites excluding steroid dienone is 1. The Balaban J connectivity index is 1.69. The molecule has 2 atom stereocenters. The normalized spacial score (nSPS) is 19.9. The minimum absolute atomic E-state index is 0.00826. The van der Waals surface area contributed by atoms with Gasteiger partial charge in [-0.3, -0.25) is 0 Å². The Morgan fingerprint density at radius 1 is 0.952 bits per heavy atom. The third-order valence-electron chi connectivity index (χ3n) is 7.48. The molecule has 3 aromatic rings. The van der Waals surface area contributed by atoms with Gasteiger partial charge in [0.15, 0.2) is 0 Å². The van der Waals surface area contributed by atoms with E-state index >= 15 is 0 Å². The van der Waals surface area contributed by atoms with Crippen LogP contribution in [0.2, 0.25) is 0 Å². The van der Waals surface area contributed by atoms with E-state index in [-0.39, 0.29) is 13.2 Å². The van der Waals surface area contributed by atoms with Crippen LogP contribution < -0.4 is 21.6 Å². The molecule has 2 bridgehead atoms. The van der Waals surface area contributed by atoms with Gasteiger partial charge in [0.2, 0.25) is 0 Å². The van der Waals surface area contributed by atoms with Crippen molar-refractivity contribution in [3.05, 3.63) is 115 Å². The van der Waals surface area contributed by atoms with E-state index in [1.807, 2.05) is 91.0 Å². The molecule has 0 aromatic heterocycles. The summed E-state index contributed by atoms with van der Waals surface area (Å²) in [6.45, 7) is -2.67. The van der Waals surface area contributed by atoms with E-state index in [9.17, 15) is 18.0 Å². The molecule has 2 aliphatic rings. The number of benzene rings is 3. The number of primary amides is 1. The predicted octanol–water partition coefficient (Wildman–Crippen LogP) is 2.70. The van der Waals surface area contributed by atoms with Crippen LogP contribution in [0.3, 0.4) is 0 Å². The average molecular weight is 610 g/mol. The van der Waals surface area contributed by atoms with Crippen LogP contribution >= 0.6 is 6.83 Å². The molecule has 42 heavy (non-hydrogen) atoms. The molecule has 0 unspecified atom stereocenters. The summed E-state index contributed by atoms with van der Waals surface area (Å²) in [6, 6.07) is 24.6. The van der Waals surface area contributed by atoms with Crippen molar-refractivity contribution in [2.75, 3.05) is 20.3 Å². The molecule has 1 fully saturated rings. The number of nitrogens with zero attached hydrogens (tertiary/aromatic N) is 2. The van der Waals surface area contributed by atoms with Crippen LogP contribution in [-0.4, -0.2) is 62.7 Å². The van der Waals surface area contributed by atoms with Crippen molar-refractivity contribution in [1.82, 2.24) is 9.96 Å². The topological polar surface area (TPSA) is 128 Å². The van der Waals surface area contributed by atoms with E-state index in [2.05, 4.69) is 0 Å². The second kappa shape index (κ2) is 11.4. The summed E-state index contributed by atoms with van der Waals surface area (Å²) < 4.78 is 45.7. The maximum absolute atomic E-state index is 14.2. The van der Waals surface area contributed by atoms with Crippen LogP contribution in [0.15, 0.2) is 115 Å². The van der Waals surface area contributed by atoms with E-state index in [1.165, 1.54) is 18.1 Å². The number of hydrogen-bond acceptors (Lipinski definition) is 7. The van der Waals surface area contributed by atoms with E-state index in [1.54, 1.807) is 18.8 Å². The molecule has 3 amide bonds. The molecule has 3 aromatic carbocycles. The number of amides is 3. The van der Waals surface area contributed by atoms with Gasteiger partial charge < -0.3 is 0 Å². The molecule has 12 heteroatoms. The number of carbonyl (C=O) groups excluding carboxylic acids is 2. The van der Waals surface area contributed by atoms with E-state index in [0.29, 0.717) is 21.5 Å². The van der Waals surface area contributed by atoms with Gasteiger partial charge in [-0.15, -0.1) is 0 Å². The van der Waals surface area contributed by atoms with Crippen molar-refractivity contribution in [2.24, 2.45) is 5.73 Å². The number of hydrogen-bond donors (Lipinski definition) is 1. The second-order valence-corrected chi connectivity index (χ2v) is 15.6. The first-order chi connectivity index (χ1) is 20.2. The third kappa shape index (κ3) is 4.83. The molecule has 1 saturated heterocycles. The van der Waals surface area contributed by atoms with E-state index in [4.69, 9.17) is 18.7 Å². The Labute approximate surface area is 245 Å². The summed E-state index contributed by atoms with van der Waals surface area (Å²) in [4.78, 5) is 26.7. The Morgan fingerprint density at radius 2 is 1.45 bits per heavy atom. The summed E-state index contributed by atoms with van der Waals surface area (Å²) in [5.74, 6) is 1.03. The molecule has 0 spiro atoms. The SMILES string of the molecule is C/C=C/P(OS(=O)(=O)ON1C(=O)N2C[C@H]1C(COC)=C[C@H]2C(N)=O)(c1ccccc1)(c1ccccc1)c1ccccc1. The molecule has 2 aliphatic heterocycles. The van der Waals surface area contributed by atoms with Crippen molar-refractivity contribution in [3.63, 3.8) is 0 Å². The summed E-state index contributed by atoms with van der Waals surface area (Å²) in [5.41, 5.74) is 6.03. The molecular weight excluding hydrogens is 577 g/mol. The summed E-state index contributed by atoms with van der Waals surface area (Å²) >= 11 is 0. The van der Waals surface area contributed by atoms with Crippen LogP contribution in [0.1, 0.15) is 6.92 Å². The molecule has 10 nitrogen and oxygen atoms in total. The first-order valence-electron chi connectivity index (χ1n) is 13.2. The quantitative estimate of drug-likeness (QED) is 0.262. The predicted molar refractivity (Wildman–Crippen MR) is 162 cm³/mol. The molecule has 5 rings (SSSR count). The zero-order valence-electron chi connectivity index (χ0n) is 23.1. The molecule has 220 valence electrons. The van der Waals surface area contributed by atoms with Gasteiger partial charge in [-0.1, -0.05) is 0 Å². The van der Waals surface area contributed by atoms with Crippen molar-refractivity contribution in [2.45, 2.75) is 19.0 Å². The number of carbonyl (C=O) groups is 2. The Kier molecular flexibility index (Phi) is 8.06. The Bertz CT molecular complexity index is 1530. The molecule has 2 heterocycles. The number of hydroxylamine groups is 2. The molecular formula is C30H32N3O7PS. The van der Waals surface area contributed by atoms with Gasteiger partial charge in [-0.25, -0.2) is 0 Å². The van der Waals surface area contributed by atoms with Gasteiger partial charge in [0, 0.05) is 0 Å². The van der Waals surface area contributed by atoms with Crippen molar-refractivity contribution in [1.29, 1.82) is 0 Å². The maximum atomic E-state index is 14.2. The zero-order chi connectivity index (χ0) is 30.0. The molecule has 0 saturated carbocycles. The average Bonchev–Trinajstić information content (AvgIpc) is 3.25. The van der Waals surface area contributed by atoms with Gasteiger partial charge in [-0.2, -0.15) is 0 Å². The van der Waals surface area contributed by atoms with Crippen molar-refractivity contribution < 1.29 is 31.0 Å². The van der Waals surface area contributed by atoms with E-state index in [0.717, 1.165) is 5.06 Å². The molecule has 0 aliphatic carbocycles. The minimum atomic E-state index is -4.99. The van der Waals surface area contributed by atoms with E-state index < -0.39 is 41.3 Å². The molecule has 0 radical (unpaired) electrons. The van der Waals surface area contributed by atoms with Crippen LogP contribution in [0.4, 0.5) is 4.79 Å². The van der Waals surface area contributed by atoms with Gasteiger partial charge in [0.05, 0.1) is 0 Å². The van der Waals surface area contributed by atoms with Crippen LogP contribution in [0.5, 0.6) is 0 Å². The zero-order valence-corrected chi connectivity index (χ0v) is 24.9. The number of ether oxygens (including phenoxy) is 1. The van der Waals surface area contributed by atoms with Gasteiger partial charge in [-0.05, 0) is 0 Å². The fourth-order valence-electron chi connectivity index (χ4n) is 5.75. The van der Waals surface area contributed by atoms with Gasteiger partial charge in [0.1, 0.15) is 0 Å². The third-order valence-corrected chi connectivity index (χ3v) is 14.6. The molecule has 2 N–H and O–H groups in total. The summed E-state index contributed by atoms with van der Waals surface area (Å²) in [6.07, 6.45) is 3.27. The Hall–Kier alpha value is -3.86. The first-order valence-corrected chi connectivity index (χ1v) is 16.8. The van der Waals surface area contributed by atoms with Gasteiger partial charge in [0.25, 0.3) is 0 Å². The first kappa shape index (κ1) is 29.6. The fourth-order valence-corrected chi connectivity index (χ4v) is 13.2. The second-order valence-electron chi connectivity index (χ2n) is 9.95. The van der Waals surface area contributed by atoms with Crippen LogP contribution in [-0.2, 0) is 28.2 Å². The number of rotatable bonds is 11. The fraction of sp³-hybridized carbons (Fsp3) is 0.200. The summed E-state index contributed by atoms with van der Waals surface area (Å²) in [5, 5.41) is 2.55. The summed E-state index contributed by atoms with van der Waals surface area (Å²) in [7, 11) is -3.54. The number of fused-ring (bicyclic) bond motifs is 2. The van der Waals surface area contributed by atoms with Crippen molar-refractivity contribution in [3.8, 4) is 0 Å². The number of nitrogens with two attached hydrogens (primary N) is 1. The Morgan fingerprint density at radius 3 is 1.88 bits per heavy atom. The number of methoxy groups -OCH3 is 1. The number of urea groups is 1.